The molecule has 0 bridgehead atoms. The second-order valence-corrected chi connectivity index (χ2v) is 7.55. The van der Waals surface area contributed by atoms with Crippen LogP contribution in [0.3, 0.4) is 0 Å². The molecule has 1 fully saturated rings. The van der Waals surface area contributed by atoms with Crippen LogP contribution in [0.4, 0.5) is 0 Å². The minimum absolute atomic E-state index is 0.263. The van der Waals surface area contributed by atoms with E-state index in [0.717, 1.165) is 24.9 Å². The van der Waals surface area contributed by atoms with E-state index in [-0.39, 0.29) is 6.54 Å². The predicted molar refractivity (Wildman–Crippen MR) is 85.4 cm³/mol. The summed E-state index contributed by atoms with van der Waals surface area (Å²) < 4.78 is 28.7. The Labute approximate surface area is 131 Å². The highest BCUT2D eigenvalue weighted by atomic mass is 35.5. The Balaban J connectivity index is 1.88. The smallest absolute Gasteiger partial charge is 0.279 e. The topological polar surface area (TPSA) is 61.4 Å². The number of rotatable bonds is 6. The zero-order chi connectivity index (χ0) is 15.3. The molecule has 1 saturated heterocycles. The van der Waals surface area contributed by atoms with Gasteiger partial charge in [0.1, 0.15) is 0 Å². The van der Waals surface area contributed by atoms with Gasteiger partial charge in [-0.15, -0.1) is 0 Å². The van der Waals surface area contributed by atoms with Crippen molar-refractivity contribution in [3.63, 3.8) is 0 Å². The molecule has 2 rings (SSSR count). The quantitative estimate of drug-likeness (QED) is 0.832. The maximum Gasteiger partial charge on any atom is 0.279 e. The van der Waals surface area contributed by atoms with Crippen LogP contribution < -0.4 is 10.0 Å². The number of nitrogens with one attached hydrogen (secondary N) is 2. The van der Waals surface area contributed by atoms with E-state index in [2.05, 4.69) is 10.0 Å². The van der Waals surface area contributed by atoms with E-state index < -0.39 is 10.2 Å². The van der Waals surface area contributed by atoms with Crippen LogP contribution in [0.2, 0.25) is 5.02 Å². The fourth-order valence-electron chi connectivity index (χ4n) is 2.56. The van der Waals surface area contributed by atoms with Crippen LogP contribution in [0.1, 0.15) is 18.4 Å². The van der Waals surface area contributed by atoms with E-state index in [1.54, 1.807) is 12.1 Å². The molecular weight excluding hydrogens is 310 g/mol. The van der Waals surface area contributed by atoms with E-state index in [1.165, 1.54) is 4.31 Å². The van der Waals surface area contributed by atoms with Gasteiger partial charge in [0.05, 0.1) is 0 Å². The van der Waals surface area contributed by atoms with Crippen LogP contribution in [-0.2, 0) is 16.8 Å². The zero-order valence-electron chi connectivity index (χ0n) is 12.2. The number of piperidine rings is 1. The molecule has 1 aromatic rings. The molecule has 0 radical (unpaired) electrons. The van der Waals surface area contributed by atoms with Gasteiger partial charge in [-0.3, -0.25) is 0 Å². The van der Waals surface area contributed by atoms with Crippen LogP contribution in [0.5, 0.6) is 0 Å². The molecule has 0 atom stereocenters. The van der Waals surface area contributed by atoms with Gasteiger partial charge >= 0.3 is 0 Å². The average molecular weight is 332 g/mol. The van der Waals surface area contributed by atoms with E-state index in [1.807, 2.05) is 19.2 Å². The summed E-state index contributed by atoms with van der Waals surface area (Å²) in [6, 6.07) is 7.21. The SMILES string of the molecule is CNCC1CCN(S(=O)(=O)NCc2cccc(Cl)c2)CC1. The van der Waals surface area contributed by atoms with Crippen LogP contribution in [-0.4, -0.2) is 39.4 Å². The first-order valence-electron chi connectivity index (χ1n) is 7.15. The van der Waals surface area contributed by atoms with Crippen LogP contribution in [0.25, 0.3) is 0 Å². The summed E-state index contributed by atoms with van der Waals surface area (Å²) in [6.07, 6.45) is 1.80. The molecule has 7 heteroatoms. The summed E-state index contributed by atoms with van der Waals surface area (Å²) in [5, 5.41) is 3.76. The Morgan fingerprint density at radius 1 is 1.33 bits per heavy atom. The number of hydrogen-bond acceptors (Lipinski definition) is 3. The molecule has 1 aliphatic heterocycles. The fourth-order valence-corrected chi connectivity index (χ4v) is 3.99. The Bertz CT molecular complexity index is 557. The molecule has 5 nitrogen and oxygen atoms in total. The van der Waals surface area contributed by atoms with Crippen molar-refractivity contribution >= 4 is 21.8 Å². The van der Waals surface area contributed by atoms with Crippen molar-refractivity contribution in [2.24, 2.45) is 5.92 Å². The van der Waals surface area contributed by atoms with Gasteiger partial charge in [0.25, 0.3) is 10.2 Å². The molecule has 1 aromatic carbocycles. The maximum absolute atomic E-state index is 12.3. The Hall–Kier alpha value is -0.660. The first-order chi connectivity index (χ1) is 10.0. The third-order valence-electron chi connectivity index (χ3n) is 3.75. The lowest BCUT2D eigenvalue weighted by molar-refractivity contribution is 0.268. The van der Waals surface area contributed by atoms with Crippen molar-refractivity contribution in [3.05, 3.63) is 34.9 Å². The first kappa shape index (κ1) is 16.7. The van der Waals surface area contributed by atoms with Crippen molar-refractivity contribution in [1.29, 1.82) is 0 Å². The van der Waals surface area contributed by atoms with Crippen molar-refractivity contribution in [2.45, 2.75) is 19.4 Å². The lowest BCUT2D eigenvalue weighted by Crippen LogP contribution is -2.45. The lowest BCUT2D eigenvalue weighted by atomic mass is 9.98. The normalized spacial score (nSPS) is 18.0. The molecule has 118 valence electrons. The molecule has 21 heavy (non-hydrogen) atoms. The largest absolute Gasteiger partial charge is 0.319 e. The number of nitrogens with zero attached hydrogens (tertiary/aromatic N) is 1. The van der Waals surface area contributed by atoms with Gasteiger partial charge in [-0.1, -0.05) is 23.7 Å². The average Bonchev–Trinajstić information content (AvgIpc) is 2.46. The second kappa shape index (κ2) is 7.56. The van der Waals surface area contributed by atoms with Crippen molar-refractivity contribution in [1.82, 2.24) is 14.3 Å². The standard InChI is InChI=1S/C14H22ClN3O2S/c1-16-10-12-5-7-18(8-6-12)21(19,20)17-11-13-3-2-4-14(15)9-13/h2-4,9,12,16-17H,5-8,10-11H2,1H3. The number of hydrogen-bond donors (Lipinski definition) is 2. The molecule has 0 aliphatic carbocycles. The van der Waals surface area contributed by atoms with Gasteiger partial charge < -0.3 is 5.32 Å². The maximum atomic E-state index is 12.3. The molecule has 0 aromatic heterocycles. The fraction of sp³-hybridized carbons (Fsp3) is 0.571. The predicted octanol–water partition coefficient (Wildman–Crippen LogP) is 1.61. The summed E-state index contributed by atoms with van der Waals surface area (Å²) in [5.74, 6) is 0.564. The second-order valence-electron chi connectivity index (χ2n) is 5.36. The van der Waals surface area contributed by atoms with E-state index in [9.17, 15) is 8.42 Å². The minimum Gasteiger partial charge on any atom is -0.319 e. The van der Waals surface area contributed by atoms with Crippen molar-refractivity contribution in [2.75, 3.05) is 26.7 Å². The zero-order valence-corrected chi connectivity index (χ0v) is 13.8. The molecular formula is C14H22ClN3O2S. The van der Waals surface area contributed by atoms with Gasteiger partial charge in [0, 0.05) is 24.7 Å². The first-order valence-corrected chi connectivity index (χ1v) is 8.97. The van der Waals surface area contributed by atoms with Gasteiger partial charge in [0.15, 0.2) is 0 Å². The third kappa shape index (κ3) is 4.93. The summed E-state index contributed by atoms with van der Waals surface area (Å²) in [5.41, 5.74) is 0.858. The van der Waals surface area contributed by atoms with Gasteiger partial charge in [-0.25, -0.2) is 0 Å². The van der Waals surface area contributed by atoms with Crippen LogP contribution >= 0.6 is 11.6 Å². The van der Waals surface area contributed by atoms with Crippen molar-refractivity contribution < 1.29 is 8.42 Å². The van der Waals surface area contributed by atoms with E-state index in [0.29, 0.717) is 24.0 Å². The van der Waals surface area contributed by atoms with Gasteiger partial charge in [-0.2, -0.15) is 17.4 Å². The van der Waals surface area contributed by atoms with Crippen LogP contribution in [0.15, 0.2) is 24.3 Å². The minimum atomic E-state index is -3.41. The Kier molecular flexibility index (Phi) is 6.01. The van der Waals surface area contributed by atoms with E-state index >= 15 is 0 Å². The molecule has 1 heterocycles. The molecule has 0 saturated carbocycles. The molecule has 1 aliphatic rings. The molecule has 0 unspecified atom stereocenters. The van der Waals surface area contributed by atoms with E-state index in [4.69, 9.17) is 11.6 Å². The highest BCUT2D eigenvalue weighted by Gasteiger charge is 2.27. The molecule has 0 spiro atoms. The molecule has 0 amide bonds. The highest BCUT2D eigenvalue weighted by Crippen LogP contribution is 2.18. The van der Waals surface area contributed by atoms with Crippen molar-refractivity contribution in [3.8, 4) is 0 Å². The Morgan fingerprint density at radius 2 is 2.05 bits per heavy atom. The van der Waals surface area contributed by atoms with Gasteiger partial charge in [0.2, 0.25) is 0 Å². The monoisotopic (exact) mass is 331 g/mol. The number of benzene rings is 1. The highest BCUT2D eigenvalue weighted by molar-refractivity contribution is 7.87. The number of halogens is 1. The summed E-state index contributed by atoms with van der Waals surface area (Å²) >= 11 is 5.90. The third-order valence-corrected chi connectivity index (χ3v) is 5.54. The lowest BCUT2D eigenvalue weighted by Gasteiger charge is -2.31. The Morgan fingerprint density at radius 3 is 2.67 bits per heavy atom. The summed E-state index contributed by atoms with van der Waals surface area (Å²) in [7, 11) is -1.49. The summed E-state index contributed by atoms with van der Waals surface area (Å²) in [4.78, 5) is 0. The summed E-state index contributed by atoms with van der Waals surface area (Å²) in [6.45, 7) is 2.37. The molecule has 2 N–H and O–H groups in total. The van der Waals surface area contributed by atoms with Crippen LogP contribution in [0, 0.1) is 5.92 Å². The van der Waals surface area contributed by atoms with Gasteiger partial charge in [-0.05, 0) is 50.0 Å².